The first-order valence-corrected chi connectivity index (χ1v) is 23.3. The van der Waals surface area contributed by atoms with Gasteiger partial charge in [0.2, 0.25) is 5.91 Å². The summed E-state index contributed by atoms with van der Waals surface area (Å²) in [5.74, 6) is -0.515. The van der Waals surface area contributed by atoms with Crippen LogP contribution in [0, 0.1) is 0 Å². The number of hydrogen-bond acceptors (Lipinski definition) is 4. The Morgan fingerprint density at radius 2 is 0.774 bits per heavy atom. The Hall–Kier alpha value is -1.43. The zero-order valence-electron chi connectivity index (χ0n) is 35.4. The minimum absolute atomic E-state index is 0.379. The fourth-order valence-corrected chi connectivity index (χ4v) is 7.04. The zero-order chi connectivity index (χ0) is 38.7. The Labute approximate surface area is 330 Å². The van der Waals surface area contributed by atoms with Crippen molar-refractivity contribution in [3.63, 3.8) is 0 Å². The summed E-state index contributed by atoms with van der Waals surface area (Å²) >= 11 is 0. The molecule has 0 bridgehead atoms. The van der Waals surface area contributed by atoms with Gasteiger partial charge in [-0.1, -0.05) is 230 Å². The third kappa shape index (κ3) is 38.6. The molecule has 0 fully saturated rings. The number of aliphatic hydroxyl groups excluding tert-OH is 3. The average Bonchev–Trinajstić information content (AvgIpc) is 3.16. The molecule has 0 aromatic heterocycles. The van der Waals surface area contributed by atoms with Gasteiger partial charge in [0.1, 0.15) is 6.10 Å². The Kier molecular flexibility index (Phi) is 42.1. The summed E-state index contributed by atoms with van der Waals surface area (Å²) in [5.41, 5.74) is 0. The molecule has 0 saturated heterocycles. The molecular formula is C48H91NO4. The maximum Gasteiger partial charge on any atom is 0.249 e. The smallest absolute Gasteiger partial charge is 0.249 e. The molecule has 4 N–H and O–H groups in total. The number of amides is 1. The first-order valence-electron chi connectivity index (χ1n) is 23.3. The molecule has 0 aliphatic carbocycles. The van der Waals surface area contributed by atoms with Crippen LogP contribution in [0.1, 0.15) is 239 Å². The Balaban J connectivity index is 3.61. The van der Waals surface area contributed by atoms with Gasteiger partial charge in [-0.25, -0.2) is 0 Å². The van der Waals surface area contributed by atoms with Crippen molar-refractivity contribution in [2.45, 2.75) is 257 Å². The van der Waals surface area contributed by atoms with Crippen LogP contribution in [0.2, 0.25) is 0 Å². The van der Waals surface area contributed by atoms with Gasteiger partial charge in [0.15, 0.2) is 0 Å². The van der Waals surface area contributed by atoms with Gasteiger partial charge in [0.05, 0.1) is 18.8 Å². The van der Waals surface area contributed by atoms with Gasteiger partial charge < -0.3 is 20.6 Å². The third-order valence-corrected chi connectivity index (χ3v) is 10.7. The van der Waals surface area contributed by atoms with Crippen molar-refractivity contribution in [2.75, 3.05) is 6.61 Å². The van der Waals surface area contributed by atoms with E-state index in [2.05, 4.69) is 43.5 Å². The second-order valence-electron chi connectivity index (χ2n) is 16.0. The number of allylic oxidation sites excluding steroid dienone is 5. The lowest BCUT2D eigenvalue weighted by molar-refractivity contribution is -0.131. The van der Waals surface area contributed by atoms with Crippen LogP contribution >= 0.6 is 0 Å². The highest BCUT2D eigenvalue weighted by Gasteiger charge is 2.22. The summed E-state index contributed by atoms with van der Waals surface area (Å²) in [5, 5.41) is 33.1. The van der Waals surface area contributed by atoms with Crippen molar-refractivity contribution in [1.82, 2.24) is 5.32 Å². The third-order valence-electron chi connectivity index (χ3n) is 10.7. The number of aliphatic hydroxyl groups is 3. The van der Waals surface area contributed by atoms with Gasteiger partial charge in [-0.15, -0.1) is 0 Å². The van der Waals surface area contributed by atoms with E-state index in [4.69, 9.17) is 0 Å². The fourth-order valence-electron chi connectivity index (χ4n) is 7.04. The fraction of sp³-hybridized carbons (Fsp3) is 0.854. The summed E-state index contributed by atoms with van der Waals surface area (Å²) in [6, 6.07) is -0.818. The normalized spacial score (nSPS) is 13.8. The van der Waals surface area contributed by atoms with E-state index < -0.39 is 24.2 Å². The standard InChI is InChI=1S/C48H91NO4/c1-3-5-7-9-11-13-15-17-19-20-21-22-23-24-25-26-27-28-29-31-33-35-37-39-41-43-47(52)48(53)49-45(44-50)46(51)42-40-38-36-34-32-30-18-16-14-12-10-8-6-4-2/h14,16,32,34,40,42,45-47,50-52H,3-13,15,17-31,33,35-39,41,43-44H2,1-2H3,(H,49,53)/b16-14+,34-32+,42-40+. The van der Waals surface area contributed by atoms with Crippen LogP contribution in [0.3, 0.4) is 0 Å². The second-order valence-corrected chi connectivity index (χ2v) is 16.0. The lowest BCUT2D eigenvalue weighted by Gasteiger charge is -2.21. The van der Waals surface area contributed by atoms with Crippen LogP contribution < -0.4 is 5.32 Å². The molecule has 5 heteroatoms. The number of carbonyl (C=O) groups excluding carboxylic acids is 1. The lowest BCUT2D eigenvalue weighted by atomic mass is 10.0. The summed E-state index contributed by atoms with van der Waals surface area (Å²) in [7, 11) is 0. The quantitative estimate of drug-likeness (QED) is 0.0370. The molecule has 0 heterocycles. The van der Waals surface area contributed by atoms with E-state index in [1.807, 2.05) is 6.08 Å². The monoisotopic (exact) mass is 746 g/mol. The molecule has 0 spiro atoms. The Morgan fingerprint density at radius 3 is 1.15 bits per heavy atom. The predicted molar refractivity (Wildman–Crippen MR) is 231 cm³/mol. The van der Waals surface area contributed by atoms with Crippen molar-refractivity contribution < 1.29 is 20.1 Å². The number of unbranched alkanes of at least 4 members (excludes halogenated alkanes) is 30. The molecule has 1 amide bonds. The highest BCUT2D eigenvalue weighted by atomic mass is 16.3. The highest BCUT2D eigenvalue weighted by molar-refractivity contribution is 5.80. The molecule has 0 rings (SSSR count). The molecule has 5 nitrogen and oxygen atoms in total. The van der Waals surface area contributed by atoms with Gasteiger partial charge in [0, 0.05) is 0 Å². The zero-order valence-corrected chi connectivity index (χ0v) is 35.4. The molecule has 3 atom stereocenters. The van der Waals surface area contributed by atoms with Crippen LogP contribution in [-0.4, -0.2) is 46.1 Å². The van der Waals surface area contributed by atoms with Gasteiger partial charge in [0.25, 0.3) is 0 Å². The maximum absolute atomic E-state index is 12.5. The first kappa shape index (κ1) is 51.6. The molecule has 0 aromatic carbocycles. The average molecular weight is 746 g/mol. The molecule has 0 aliphatic rings. The molecular weight excluding hydrogens is 655 g/mol. The molecule has 0 aliphatic heterocycles. The van der Waals surface area contributed by atoms with E-state index in [1.165, 1.54) is 173 Å². The van der Waals surface area contributed by atoms with Crippen LogP contribution in [0.5, 0.6) is 0 Å². The van der Waals surface area contributed by atoms with Crippen molar-refractivity contribution >= 4 is 5.91 Å². The summed E-state index contributed by atoms with van der Waals surface area (Å²) in [6.45, 7) is 4.15. The van der Waals surface area contributed by atoms with Gasteiger partial charge in [-0.2, -0.15) is 0 Å². The molecule has 312 valence electrons. The van der Waals surface area contributed by atoms with Crippen molar-refractivity contribution in [1.29, 1.82) is 0 Å². The topological polar surface area (TPSA) is 89.8 Å². The van der Waals surface area contributed by atoms with Crippen molar-refractivity contribution in [2.24, 2.45) is 0 Å². The van der Waals surface area contributed by atoms with Crippen molar-refractivity contribution in [3.8, 4) is 0 Å². The van der Waals surface area contributed by atoms with Crippen LogP contribution in [-0.2, 0) is 4.79 Å². The van der Waals surface area contributed by atoms with Crippen molar-refractivity contribution in [3.05, 3.63) is 36.5 Å². The second kappa shape index (κ2) is 43.3. The molecule has 3 unspecified atom stereocenters. The molecule has 0 radical (unpaired) electrons. The summed E-state index contributed by atoms with van der Waals surface area (Å²) in [4.78, 5) is 12.5. The van der Waals surface area contributed by atoms with E-state index >= 15 is 0 Å². The number of rotatable bonds is 42. The van der Waals surface area contributed by atoms with Crippen LogP contribution in [0.4, 0.5) is 0 Å². The summed E-state index contributed by atoms with van der Waals surface area (Å²) < 4.78 is 0. The number of nitrogens with one attached hydrogen (secondary N) is 1. The van der Waals surface area contributed by atoms with Gasteiger partial charge in [-0.3, -0.25) is 4.79 Å². The lowest BCUT2D eigenvalue weighted by Crippen LogP contribution is -2.48. The maximum atomic E-state index is 12.5. The van der Waals surface area contributed by atoms with Gasteiger partial charge >= 0.3 is 0 Å². The van der Waals surface area contributed by atoms with Crippen LogP contribution in [0.15, 0.2) is 36.5 Å². The van der Waals surface area contributed by atoms with Crippen LogP contribution in [0.25, 0.3) is 0 Å². The van der Waals surface area contributed by atoms with E-state index in [-0.39, 0.29) is 6.61 Å². The van der Waals surface area contributed by atoms with Gasteiger partial charge in [-0.05, 0) is 44.9 Å². The minimum Gasteiger partial charge on any atom is -0.394 e. The Bertz CT molecular complexity index is 824. The SMILES string of the molecule is CCCCCC/C=C/CC/C=C/CC/C=C/C(O)C(CO)NC(=O)C(O)CCCCCCCCCCCCCCCCCCCCCCCCCCC. The largest absolute Gasteiger partial charge is 0.394 e. The van der Waals surface area contributed by atoms with E-state index in [9.17, 15) is 20.1 Å². The minimum atomic E-state index is -1.11. The molecule has 0 saturated carbocycles. The predicted octanol–water partition coefficient (Wildman–Crippen LogP) is 13.5. The van der Waals surface area contributed by atoms with E-state index in [1.54, 1.807) is 6.08 Å². The number of hydrogen-bond donors (Lipinski definition) is 4. The molecule has 0 aromatic rings. The van der Waals surface area contributed by atoms with E-state index in [0.29, 0.717) is 6.42 Å². The Morgan fingerprint density at radius 1 is 0.453 bits per heavy atom. The number of carbonyl (C=O) groups is 1. The van der Waals surface area contributed by atoms with E-state index in [0.717, 1.165) is 44.9 Å². The highest BCUT2D eigenvalue weighted by Crippen LogP contribution is 2.16. The molecule has 53 heavy (non-hydrogen) atoms. The first-order chi connectivity index (χ1) is 26.1. The summed E-state index contributed by atoms with van der Waals surface area (Å²) in [6.07, 6.45) is 54.8.